The molecule has 0 saturated carbocycles. The topological polar surface area (TPSA) is 213 Å². The SMILES string of the molecule is CCC(OC(=O)CC(O)C(C)C(C(CCO)CC(C)N(C)C)C1OC(C)C(O)C(N(C)C)C1O)C(/C=C(C)/C(C)=N\O)COC1OC(C)C(O)C(OC)C1OC. The summed E-state index contributed by atoms with van der Waals surface area (Å²) in [6, 6.07) is -0.557. The molecule has 0 radical (unpaired) electrons. The Kier molecular flexibility index (Phi) is 21.3. The molecule has 0 aliphatic carbocycles. The quantitative estimate of drug-likeness (QED) is 0.0398. The zero-order valence-corrected chi connectivity index (χ0v) is 36.0. The largest absolute Gasteiger partial charge is 0.462 e. The maximum Gasteiger partial charge on any atom is 0.308 e. The molecule has 56 heavy (non-hydrogen) atoms. The Bertz CT molecular complexity index is 1220. The Balaban J connectivity index is 2.42. The van der Waals surface area contributed by atoms with Crippen molar-refractivity contribution in [1.29, 1.82) is 0 Å². The summed E-state index contributed by atoms with van der Waals surface area (Å²) in [5.74, 6) is -2.56. The monoisotopic (exact) mass is 806 g/mol. The minimum atomic E-state index is -1.22. The molecule has 2 aliphatic rings. The van der Waals surface area contributed by atoms with Crippen molar-refractivity contribution in [3.63, 3.8) is 0 Å². The Morgan fingerprint density at radius 3 is 2.07 bits per heavy atom. The predicted octanol–water partition coefficient (Wildman–Crippen LogP) is 1.65. The molecule has 0 bridgehead atoms. The number of nitrogens with zero attached hydrogens (tertiary/aromatic N) is 3. The van der Waals surface area contributed by atoms with Gasteiger partial charge in [-0.05, 0) is 105 Å². The lowest BCUT2D eigenvalue weighted by Crippen LogP contribution is -2.64. The van der Waals surface area contributed by atoms with Gasteiger partial charge in [-0.3, -0.25) is 4.79 Å². The van der Waals surface area contributed by atoms with Crippen LogP contribution in [-0.2, 0) is 33.2 Å². The second-order valence-corrected chi connectivity index (χ2v) is 16.3. The molecule has 2 saturated heterocycles. The molecule has 16 nitrogen and oxygen atoms in total. The second kappa shape index (κ2) is 23.7. The number of likely N-dealkylation sites (N-methyl/N-ethyl adjacent to an activating group) is 1. The van der Waals surface area contributed by atoms with Crippen LogP contribution in [0.15, 0.2) is 16.8 Å². The van der Waals surface area contributed by atoms with Crippen molar-refractivity contribution in [1.82, 2.24) is 9.80 Å². The standard InChI is InChI=1S/C40H75N3O13/c1-14-30(28(17-21(2)24(5)41-50)20-53-40-39(52-13)38(51-12)35(48)26(7)55-40)56-31(46)19-29(45)23(4)32(27(15-16-44)18-22(3)42(8)9)37-36(49)33(43(10)11)34(47)25(6)54-37/h17,22-23,25-30,32-40,44-45,47-50H,14-16,18-20H2,1-13H3/b21-17+,41-24-. The van der Waals surface area contributed by atoms with E-state index in [2.05, 4.69) is 17.0 Å². The molecule has 17 unspecified atom stereocenters. The normalized spacial score (nSPS) is 33.1. The molecule has 6 N–H and O–H groups in total. The first-order chi connectivity index (χ1) is 26.3. The zero-order chi connectivity index (χ0) is 42.6. The fourth-order valence-corrected chi connectivity index (χ4v) is 8.22. The van der Waals surface area contributed by atoms with Gasteiger partial charge in [-0.25, -0.2) is 0 Å². The van der Waals surface area contributed by atoms with Crippen LogP contribution in [-0.4, -0.2) is 187 Å². The van der Waals surface area contributed by atoms with Crippen LogP contribution in [0.5, 0.6) is 0 Å². The van der Waals surface area contributed by atoms with Gasteiger partial charge in [0.1, 0.15) is 24.4 Å². The van der Waals surface area contributed by atoms with Crippen molar-refractivity contribution in [2.75, 3.05) is 55.6 Å². The zero-order valence-electron chi connectivity index (χ0n) is 36.0. The smallest absolute Gasteiger partial charge is 0.308 e. The predicted molar refractivity (Wildman–Crippen MR) is 210 cm³/mol. The summed E-state index contributed by atoms with van der Waals surface area (Å²) in [5.41, 5.74) is 0.986. The van der Waals surface area contributed by atoms with E-state index < -0.39 is 97.1 Å². The summed E-state index contributed by atoms with van der Waals surface area (Å²) in [6.45, 7) is 12.5. The minimum absolute atomic E-state index is 0.00642. The fraction of sp³-hybridized carbons (Fsp3) is 0.900. The van der Waals surface area contributed by atoms with Crippen LogP contribution >= 0.6 is 0 Å². The second-order valence-electron chi connectivity index (χ2n) is 16.3. The summed E-state index contributed by atoms with van der Waals surface area (Å²) in [7, 11) is 10.4. The lowest BCUT2D eigenvalue weighted by molar-refractivity contribution is -0.304. The van der Waals surface area contributed by atoms with Gasteiger partial charge in [0.15, 0.2) is 6.29 Å². The molecule has 2 rings (SSSR count). The first kappa shape index (κ1) is 50.3. The molecule has 328 valence electrons. The fourth-order valence-electron chi connectivity index (χ4n) is 8.22. The minimum Gasteiger partial charge on any atom is -0.462 e. The number of carbonyl (C=O) groups is 1. The van der Waals surface area contributed by atoms with Gasteiger partial charge in [-0.1, -0.05) is 25.1 Å². The molecule has 0 aromatic heterocycles. The van der Waals surface area contributed by atoms with Gasteiger partial charge >= 0.3 is 5.97 Å². The lowest BCUT2D eigenvalue weighted by Gasteiger charge is -2.50. The Morgan fingerprint density at radius 1 is 0.946 bits per heavy atom. The maximum atomic E-state index is 13.8. The highest BCUT2D eigenvalue weighted by atomic mass is 16.7. The molecule has 2 fully saturated rings. The van der Waals surface area contributed by atoms with E-state index in [-0.39, 0.29) is 31.6 Å². The molecular formula is C40H75N3O13. The highest BCUT2D eigenvalue weighted by molar-refractivity contribution is 5.97. The number of ether oxygens (including phenoxy) is 6. The van der Waals surface area contributed by atoms with Crippen LogP contribution < -0.4 is 0 Å². The summed E-state index contributed by atoms with van der Waals surface area (Å²) in [4.78, 5) is 17.6. The van der Waals surface area contributed by atoms with E-state index in [0.29, 0.717) is 30.5 Å². The third-order valence-corrected chi connectivity index (χ3v) is 12.1. The molecule has 17 atom stereocenters. The highest BCUT2D eigenvalue weighted by Crippen LogP contribution is 2.40. The van der Waals surface area contributed by atoms with Gasteiger partial charge in [0, 0.05) is 32.8 Å². The first-order valence-corrected chi connectivity index (χ1v) is 20.0. The van der Waals surface area contributed by atoms with Crippen LogP contribution in [0.4, 0.5) is 0 Å². The Hall–Kier alpha value is -1.80. The molecule has 0 spiro atoms. The van der Waals surface area contributed by atoms with Crippen LogP contribution in [0, 0.1) is 23.7 Å². The van der Waals surface area contributed by atoms with E-state index in [1.807, 2.05) is 27.9 Å². The van der Waals surface area contributed by atoms with Crippen molar-refractivity contribution in [3.8, 4) is 0 Å². The summed E-state index contributed by atoms with van der Waals surface area (Å²) in [6.07, 6.45) is -6.64. The number of aliphatic hydroxyl groups is 5. The number of carbonyl (C=O) groups excluding carboxylic acids is 1. The number of allylic oxidation sites excluding steroid dienone is 1. The van der Waals surface area contributed by atoms with E-state index in [1.165, 1.54) is 14.2 Å². The number of methoxy groups -OCH3 is 2. The van der Waals surface area contributed by atoms with E-state index in [1.54, 1.807) is 52.8 Å². The van der Waals surface area contributed by atoms with E-state index >= 15 is 0 Å². The van der Waals surface area contributed by atoms with Gasteiger partial charge in [-0.2, -0.15) is 0 Å². The molecule has 0 amide bonds. The first-order valence-electron chi connectivity index (χ1n) is 20.0. The number of rotatable bonds is 22. The average Bonchev–Trinajstić information content (AvgIpc) is 3.14. The number of hydrogen-bond donors (Lipinski definition) is 6. The van der Waals surface area contributed by atoms with Gasteiger partial charge in [0.05, 0.1) is 61.4 Å². The van der Waals surface area contributed by atoms with Gasteiger partial charge in [0.2, 0.25) is 0 Å². The number of aliphatic hydroxyl groups excluding tert-OH is 5. The summed E-state index contributed by atoms with van der Waals surface area (Å²) < 4.78 is 35.7. The Morgan fingerprint density at radius 2 is 1.55 bits per heavy atom. The maximum absolute atomic E-state index is 13.8. The number of oxime groups is 1. The Labute approximate surface area is 334 Å². The third-order valence-electron chi connectivity index (χ3n) is 12.1. The van der Waals surface area contributed by atoms with E-state index in [0.717, 1.165) is 0 Å². The van der Waals surface area contributed by atoms with Crippen molar-refractivity contribution in [2.24, 2.45) is 28.8 Å². The molecular weight excluding hydrogens is 730 g/mol. The van der Waals surface area contributed by atoms with Gasteiger partial charge in [-0.15, -0.1) is 0 Å². The number of esters is 1. The summed E-state index contributed by atoms with van der Waals surface area (Å²) in [5, 5.41) is 68.2. The molecule has 2 heterocycles. The molecule has 16 heteroatoms. The summed E-state index contributed by atoms with van der Waals surface area (Å²) >= 11 is 0. The van der Waals surface area contributed by atoms with Crippen molar-refractivity contribution in [2.45, 2.75) is 154 Å². The molecule has 0 aromatic carbocycles. The lowest BCUT2D eigenvalue weighted by atomic mass is 9.69. The van der Waals surface area contributed by atoms with Crippen LogP contribution in [0.1, 0.15) is 74.1 Å². The van der Waals surface area contributed by atoms with E-state index in [9.17, 15) is 35.5 Å². The van der Waals surface area contributed by atoms with Gasteiger partial charge in [0.25, 0.3) is 0 Å². The van der Waals surface area contributed by atoms with E-state index in [4.69, 9.17) is 28.4 Å². The third kappa shape index (κ3) is 13.1. The van der Waals surface area contributed by atoms with Crippen LogP contribution in [0.2, 0.25) is 0 Å². The van der Waals surface area contributed by atoms with Crippen molar-refractivity contribution >= 4 is 11.7 Å². The van der Waals surface area contributed by atoms with Gasteiger partial charge < -0.3 is 69.0 Å². The van der Waals surface area contributed by atoms with Crippen molar-refractivity contribution in [3.05, 3.63) is 11.6 Å². The molecule has 0 aromatic rings. The van der Waals surface area contributed by atoms with Crippen LogP contribution in [0.3, 0.4) is 0 Å². The highest BCUT2D eigenvalue weighted by Gasteiger charge is 2.51. The number of hydrogen-bond acceptors (Lipinski definition) is 16. The molecule has 2 aliphatic heterocycles. The average molecular weight is 806 g/mol. The van der Waals surface area contributed by atoms with Crippen molar-refractivity contribution < 1.29 is 64.0 Å². The van der Waals surface area contributed by atoms with Crippen LogP contribution in [0.25, 0.3) is 0 Å².